The highest BCUT2D eigenvalue weighted by molar-refractivity contribution is 7.88. The summed E-state index contributed by atoms with van der Waals surface area (Å²) in [6.45, 7) is 3.21. The fourth-order valence-electron chi connectivity index (χ4n) is 3.64. The van der Waals surface area contributed by atoms with Gasteiger partial charge in [-0.3, -0.25) is 4.79 Å². The molecule has 0 saturated carbocycles. The normalized spacial score (nSPS) is 18.7. The first-order valence-corrected chi connectivity index (χ1v) is 12.4. The average Bonchev–Trinajstić information content (AvgIpc) is 2.75. The van der Waals surface area contributed by atoms with Crippen molar-refractivity contribution in [3.63, 3.8) is 0 Å². The Kier molecular flexibility index (Phi) is 7.80. The fourth-order valence-corrected chi connectivity index (χ4v) is 5.56. The molecule has 5 nitrogen and oxygen atoms in total. The highest BCUT2D eigenvalue weighted by atomic mass is 35.5. The first-order chi connectivity index (χ1) is 14.3. The van der Waals surface area contributed by atoms with Crippen molar-refractivity contribution in [3.05, 3.63) is 69.7 Å². The standard InChI is InChI=1S/C22H26Cl2N2O3S/c1-16(18-6-3-2-4-7-18)13-25-22(27)19-8-5-11-26(14-19)30(28,29)15-17-9-10-20(23)21(24)12-17/h2-4,6-7,9-10,12,16,19H,5,8,11,13-15H2,1H3,(H,25,27)/t16-,19+/m1/s1. The minimum Gasteiger partial charge on any atom is -0.355 e. The number of carbonyl (C=O) groups excluding carboxylic acids is 1. The van der Waals surface area contributed by atoms with Gasteiger partial charge in [0.25, 0.3) is 0 Å². The summed E-state index contributed by atoms with van der Waals surface area (Å²) < 4.78 is 27.2. The van der Waals surface area contributed by atoms with Gasteiger partial charge in [-0.15, -0.1) is 0 Å². The van der Waals surface area contributed by atoms with Crippen LogP contribution in [0.5, 0.6) is 0 Å². The van der Waals surface area contributed by atoms with Crippen LogP contribution in [0.15, 0.2) is 48.5 Å². The van der Waals surface area contributed by atoms with E-state index in [0.29, 0.717) is 41.5 Å². The summed E-state index contributed by atoms with van der Waals surface area (Å²) in [7, 11) is -3.56. The maximum atomic E-state index is 12.9. The molecule has 1 aliphatic heterocycles. The molecule has 1 N–H and O–H groups in total. The van der Waals surface area contributed by atoms with Crippen LogP contribution in [0.3, 0.4) is 0 Å². The van der Waals surface area contributed by atoms with Crippen LogP contribution in [0.1, 0.15) is 36.8 Å². The summed E-state index contributed by atoms with van der Waals surface area (Å²) in [5, 5.41) is 3.71. The largest absolute Gasteiger partial charge is 0.355 e. The average molecular weight is 469 g/mol. The van der Waals surface area contributed by atoms with E-state index in [1.165, 1.54) is 4.31 Å². The highest BCUT2D eigenvalue weighted by Crippen LogP contribution is 2.26. The Morgan fingerprint density at radius 3 is 2.60 bits per heavy atom. The van der Waals surface area contributed by atoms with Gasteiger partial charge in [0.1, 0.15) is 0 Å². The van der Waals surface area contributed by atoms with Crippen molar-refractivity contribution in [2.24, 2.45) is 5.92 Å². The van der Waals surface area contributed by atoms with Gasteiger partial charge in [0, 0.05) is 19.6 Å². The zero-order valence-corrected chi connectivity index (χ0v) is 19.2. The first kappa shape index (κ1) is 23.1. The summed E-state index contributed by atoms with van der Waals surface area (Å²) >= 11 is 11.9. The van der Waals surface area contributed by atoms with Crippen molar-refractivity contribution >= 4 is 39.1 Å². The molecule has 0 aliphatic carbocycles. The van der Waals surface area contributed by atoms with Gasteiger partial charge in [0.2, 0.25) is 15.9 Å². The Bertz CT molecular complexity index is 983. The minimum absolute atomic E-state index is 0.0905. The fraction of sp³-hybridized carbons (Fsp3) is 0.409. The molecule has 1 aliphatic rings. The van der Waals surface area contributed by atoms with Gasteiger partial charge in [0.15, 0.2) is 0 Å². The second-order valence-corrected chi connectivity index (χ2v) is 10.5. The number of hydrogen-bond acceptors (Lipinski definition) is 3. The van der Waals surface area contributed by atoms with Crippen molar-refractivity contribution in [2.45, 2.75) is 31.4 Å². The van der Waals surface area contributed by atoms with E-state index in [9.17, 15) is 13.2 Å². The number of benzene rings is 2. The molecule has 1 saturated heterocycles. The Hall–Kier alpha value is -1.60. The van der Waals surface area contributed by atoms with E-state index < -0.39 is 10.0 Å². The number of carbonyl (C=O) groups is 1. The summed E-state index contributed by atoms with van der Waals surface area (Å²) in [6.07, 6.45) is 1.34. The third-order valence-electron chi connectivity index (χ3n) is 5.43. The molecular weight excluding hydrogens is 443 g/mol. The minimum atomic E-state index is -3.56. The Labute approximate surface area is 188 Å². The van der Waals surface area contributed by atoms with Gasteiger partial charge >= 0.3 is 0 Å². The number of amides is 1. The number of halogens is 2. The van der Waals surface area contributed by atoms with Gasteiger partial charge in [-0.2, -0.15) is 0 Å². The van der Waals surface area contributed by atoms with Crippen LogP contribution < -0.4 is 5.32 Å². The molecular formula is C22H26Cl2N2O3S. The van der Waals surface area contributed by atoms with Gasteiger partial charge in [0.05, 0.1) is 21.7 Å². The number of rotatable bonds is 7. The van der Waals surface area contributed by atoms with Crippen molar-refractivity contribution < 1.29 is 13.2 Å². The quantitative estimate of drug-likeness (QED) is 0.652. The van der Waals surface area contributed by atoms with E-state index in [1.54, 1.807) is 18.2 Å². The first-order valence-electron chi connectivity index (χ1n) is 10.0. The van der Waals surface area contributed by atoms with Crippen molar-refractivity contribution in [2.75, 3.05) is 19.6 Å². The molecule has 8 heteroatoms. The molecule has 162 valence electrons. The molecule has 0 unspecified atom stereocenters. The number of hydrogen-bond donors (Lipinski definition) is 1. The topological polar surface area (TPSA) is 66.5 Å². The van der Waals surface area contributed by atoms with E-state index in [1.807, 2.05) is 30.3 Å². The highest BCUT2D eigenvalue weighted by Gasteiger charge is 2.32. The van der Waals surface area contributed by atoms with Crippen LogP contribution in [0, 0.1) is 5.92 Å². The molecule has 2 atom stereocenters. The van der Waals surface area contributed by atoms with Crippen LogP contribution in [0.25, 0.3) is 0 Å². The summed E-state index contributed by atoms with van der Waals surface area (Å²) in [5.41, 5.74) is 1.74. The van der Waals surface area contributed by atoms with E-state index in [4.69, 9.17) is 23.2 Å². The van der Waals surface area contributed by atoms with Crippen molar-refractivity contribution in [1.29, 1.82) is 0 Å². The maximum Gasteiger partial charge on any atom is 0.224 e. The Balaban J connectivity index is 1.58. The van der Waals surface area contributed by atoms with E-state index in [0.717, 1.165) is 5.56 Å². The van der Waals surface area contributed by atoms with E-state index in [-0.39, 0.29) is 30.0 Å². The number of nitrogens with one attached hydrogen (secondary N) is 1. The lowest BCUT2D eigenvalue weighted by Crippen LogP contribution is -2.46. The third-order valence-corrected chi connectivity index (χ3v) is 7.99. The number of piperidine rings is 1. The molecule has 30 heavy (non-hydrogen) atoms. The lowest BCUT2D eigenvalue weighted by molar-refractivity contribution is -0.126. The van der Waals surface area contributed by atoms with Crippen LogP contribution >= 0.6 is 23.2 Å². The molecule has 3 rings (SSSR count). The third kappa shape index (κ3) is 5.97. The van der Waals surface area contributed by atoms with E-state index in [2.05, 4.69) is 12.2 Å². The zero-order chi connectivity index (χ0) is 21.7. The van der Waals surface area contributed by atoms with Crippen LogP contribution in [0.4, 0.5) is 0 Å². The molecule has 0 spiro atoms. The molecule has 1 heterocycles. The van der Waals surface area contributed by atoms with Gasteiger partial charge < -0.3 is 5.32 Å². The number of sulfonamides is 1. The van der Waals surface area contributed by atoms with Gasteiger partial charge in [-0.25, -0.2) is 12.7 Å². The molecule has 2 aromatic rings. The summed E-state index contributed by atoms with van der Waals surface area (Å²) in [4.78, 5) is 12.7. The van der Waals surface area contributed by atoms with Gasteiger partial charge in [-0.05, 0) is 42.0 Å². The lowest BCUT2D eigenvalue weighted by Gasteiger charge is -2.31. The summed E-state index contributed by atoms with van der Waals surface area (Å²) in [6, 6.07) is 14.8. The molecule has 0 aromatic heterocycles. The summed E-state index contributed by atoms with van der Waals surface area (Å²) in [5.74, 6) is -0.408. The number of nitrogens with zero attached hydrogens (tertiary/aromatic N) is 1. The van der Waals surface area contributed by atoms with Crippen LogP contribution in [0.2, 0.25) is 10.0 Å². The lowest BCUT2D eigenvalue weighted by atomic mass is 9.97. The van der Waals surface area contributed by atoms with Crippen LogP contribution in [-0.2, 0) is 20.6 Å². The molecule has 0 radical (unpaired) electrons. The van der Waals surface area contributed by atoms with Crippen LogP contribution in [-0.4, -0.2) is 38.3 Å². The molecule has 2 aromatic carbocycles. The van der Waals surface area contributed by atoms with Gasteiger partial charge in [-0.1, -0.05) is 66.5 Å². The Morgan fingerprint density at radius 2 is 1.90 bits per heavy atom. The smallest absolute Gasteiger partial charge is 0.224 e. The zero-order valence-electron chi connectivity index (χ0n) is 16.9. The maximum absolute atomic E-state index is 12.9. The predicted molar refractivity (Wildman–Crippen MR) is 121 cm³/mol. The van der Waals surface area contributed by atoms with E-state index >= 15 is 0 Å². The predicted octanol–water partition coefficient (Wildman–Crippen LogP) is 4.46. The second kappa shape index (κ2) is 10.1. The van der Waals surface area contributed by atoms with Crippen molar-refractivity contribution in [1.82, 2.24) is 9.62 Å². The SMILES string of the molecule is C[C@H](CNC(=O)[C@H]1CCCN(S(=O)(=O)Cc2ccc(Cl)c(Cl)c2)C1)c1ccccc1. The Morgan fingerprint density at radius 1 is 1.17 bits per heavy atom. The molecule has 1 amide bonds. The second-order valence-electron chi connectivity index (χ2n) is 7.76. The monoisotopic (exact) mass is 468 g/mol. The van der Waals surface area contributed by atoms with Crippen molar-refractivity contribution in [3.8, 4) is 0 Å². The molecule has 1 fully saturated rings. The molecule has 0 bridgehead atoms.